The highest BCUT2D eigenvalue weighted by Gasteiger charge is 2.31. The van der Waals surface area contributed by atoms with Gasteiger partial charge in [-0.15, -0.1) is 0 Å². The molecule has 0 aliphatic rings. The first-order chi connectivity index (χ1) is 9.82. The van der Waals surface area contributed by atoms with Crippen molar-refractivity contribution in [3.05, 3.63) is 35.5 Å². The molecule has 114 valence electrons. The van der Waals surface area contributed by atoms with Crippen molar-refractivity contribution in [2.24, 2.45) is 5.92 Å². The predicted octanol–water partition coefficient (Wildman–Crippen LogP) is 4.53. The van der Waals surface area contributed by atoms with Gasteiger partial charge in [-0.1, -0.05) is 37.6 Å². The number of anilines is 1. The van der Waals surface area contributed by atoms with E-state index < -0.39 is 11.7 Å². The molecule has 0 saturated heterocycles. The van der Waals surface area contributed by atoms with Crippen LogP contribution in [0.15, 0.2) is 28.8 Å². The third-order valence-corrected chi connectivity index (χ3v) is 3.51. The van der Waals surface area contributed by atoms with Crippen LogP contribution >= 0.6 is 0 Å². The fourth-order valence-electron chi connectivity index (χ4n) is 2.11. The average Bonchev–Trinajstić information content (AvgIpc) is 2.78. The minimum absolute atomic E-state index is 0.0487. The third kappa shape index (κ3) is 3.37. The molecule has 0 aliphatic carbocycles. The molecule has 0 aliphatic heterocycles. The molecule has 0 bridgehead atoms. The van der Waals surface area contributed by atoms with E-state index in [9.17, 15) is 13.2 Å². The molecule has 0 fully saturated rings. The summed E-state index contributed by atoms with van der Waals surface area (Å²) >= 11 is 0. The number of nitrogens with two attached hydrogens (primary N) is 1. The van der Waals surface area contributed by atoms with Crippen molar-refractivity contribution in [1.82, 2.24) is 5.16 Å². The van der Waals surface area contributed by atoms with Gasteiger partial charge in [0, 0.05) is 0 Å². The van der Waals surface area contributed by atoms with Crippen molar-refractivity contribution in [3.8, 4) is 11.1 Å². The van der Waals surface area contributed by atoms with Crippen LogP contribution in [-0.2, 0) is 12.6 Å². The summed E-state index contributed by atoms with van der Waals surface area (Å²) in [5.41, 5.74) is 6.46. The normalized spacial score (nSPS) is 13.4. The molecule has 6 heteroatoms. The molecule has 1 aromatic carbocycles. The Hall–Kier alpha value is -1.98. The fourth-order valence-corrected chi connectivity index (χ4v) is 2.11. The lowest BCUT2D eigenvalue weighted by molar-refractivity contribution is -0.137. The Kier molecular flexibility index (Phi) is 4.25. The number of benzene rings is 1. The van der Waals surface area contributed by atoms with Gasteiger partial charge in [-0.2, -0.15) is 13.2 Å². The second kappa shape index (κ2) is 5.79. The largest absolute Gasteiger partial charge is 0.416 e. The Labute approximate surface area is 120 Å². The van der Waals surface area contributed by atoms with Crippen LogP contribution in [0.5, 0.6) is 0 Å². The minimum Gasteiger partial charge on any atom is -0.367 e. The summed E-state index contributed by atoms with van der Waals surface area (Å²) in [5.74, 6) is 0.395. The molecule has 21 heavy (non-hydrogen) atoms. The monoisotopic (exact) mass is 298 g/mol. The molecule has 1 unspecified atom stereocenters. The Morgan fingerprint density at radius 1 is 1.33 bits per heavy atom. The van der Waals surface area contributed by atoms with E-state index >= 15 is 0 Å². The third-order valence-electron chi connectivity index (χ3n) is 3.51. The summed E-state index contributed by atoms with van der Waals surface area (Å²) in [6.07, 6.45) is -2.84. The van der Waals surface area contributed by atoms with Gasteiger partial charge in [0.05, 0.1) is 16.8 Å². The van der Waals surface area contributed by atoms with Crippen molar-refractivity contribution in [1.29, 1.82) is 0 Å². The lowest BCUT2D eigenvalue weighted by Crippen LogP contribution is -2.05. The van der Waals surface area contributed by atoms with E-state index in [1.54, 1.807) is 6.07 Å². The van der Waals surface area contributed by atoms with E-state index in [1.165, 1.54) is 6.07 Å². The smallest absolute Gasteiger partial charge is 0.367 e. The van der Waals surface area contributed by atoms with Crippen molar-refractivity contribution in [3.63, 3.8) is 0 Å². The summed E-state index contributed by atoms with van der Waals surface area (Å²) in [6, 6.07) is 5.04. The maximum atomic E-state index is 12.8. The van der Waals surface area contributed by atoms with Crippen molar-refractivity contribution in [2.75, 3.05) is 5.73 Å². The topological polar surface area (TPSA) is 52.0 Å². The second-order valence-corrected chi connectivity index (χ2v) is 5.16. The molecule has 2 N–H and O–H groups in total. The molecular formula is C15H17F3N2O. The zero-order valence-corrected chi connectivity index (χ0v) is 11.9. The van der Waals surface area contributed by atoms with Gasteiger partial charge in [-0.05, 0) is 30.0 Å². The highest BCUT2D eigenvalue weighted by molar-refractivity contribution is 5.75. The lowest BCUT2D eigenvalue weighted by Gasteiger charge is -2.10. The molecule has 1 aromatic heterocycles. The van der Waals surface area contributed by atoms with Gasteiger partial charge < -0.3 is 10.3 Å². The van der Waals surface area contributed by atoms with Gasteiger partial charge >= 0.3 is 6.18 Å². The van der Waals surface area contributed by atoms with Crippen molar-refractivity contribution in [2.45, 2.75) is 32.9 Å². The number of rotatable bonds is 4. The van der Waals surface area contributed by atoms with Crippen LogP contribution in [0, 0.1) is 5.92 Å². The van der Waals surface area contributed by atoms with Crippen molar-refractivity contribution >= 4 is 5.88 Å². The van der Waals surface area contributed by atoms with E-state index in [-0.39, 0.29) is 5.88 Å². The fraction of sp³-hybridized carbons (Fsp3) is 0.400. The van der Waals surface area contributed by atoms with Crippen LogP contribution < -0.4 is 5.73 Å². The van der Waals surface area contributed by atoms with E-state index in [2.05, 4.69) is 5.16 Å². The summed E-state index contributed by atoms with van der Waals surface area (Å²) in [5, 5.41) is 3.89. The Morgan fingerprint density at radius 3 is 2.67 bits per heavy atom. The molecule has 2 rings (SSSR count). The summed E-state index contributed by atoms with van der Waals surface area (Å²) in [4.78, 5) is 0. The van der Waals surface area contributed by atoms with E-state index in [0.29, 0.717) is 29.2 Å². The number of nitrogen functional groups attached to an aromatic ring is 1. The molecule has 2 aromatic rings. The van der Waals surface area contributed by atoms with Crippen LogP contribution in [0.4, 0.5) is 19.1 Å². The minimum atomic E-state index is -4.39. The molecule has 1 heterocycles. The number of nitrogens with zero attached hydrogens (tertiary/aromatic N) is 1. The molecular weight excluding hydrogens is 281 g/mol. The lowest BCUT2D eigenvalue weighted by atomic mass is 9.96. The molecule has 1 atom stereocenters. The molecule has 3 nitrogen and oxygen atoms in total. The van der Waals surface area contributed by atoms with Gasteiger partial charge in [-0.25, -0.2) is 0 Å². The summed E-state index contributed by atoms with van der Waals surface area (Å²) in [7, 11) is 0. The highest BCUT2D eigenvalue weighted by atomic mass is 19.4. The molecule has 0 amide bonds. The maximum Gasteiger partial charge on any atom is 0.416 e. The van der Waals surface area contributed by atoms with Crippen LogP contribution in [0.2, 0.25) is 0 Å². The number of alkyl halides is 3. The second-order valence-electron chi connectivity index (χ2n) is 5.16. The standard InChI is InChI=1S/C15H17F3N2O/c1-3-9(2)7-12-13(14(19)21-20-12)10-5-4-6-11(8-10)15(16,17)18/h4-6,8-9H,3,7,19H2,1-2H3. The first kappa shape index (κ1) is 15.4. The summed E-state index contributed by atoms with van der Waals surface area (Å²) < 4.78 is 43.4. The Morgan fingerprint density at radius 2 is 2.05 bits per heavy atom. The number of hydrogen-bond donors (Lipinski definition) is 1. The Balaban J connectivity index is 2.45. The first-order valence-corrected chi connectivity index (χ1v) is 6.74. The van der Waals surface area contributed by atoms with Crippen LogP contribution in [0.25, 0.3) is 11.1 Å². The molecule has 0 spiro atoms. The molecule has 0 radical (unpaired) electrons. The maximum absolute atomic E-state index is 12.8. The van der Waals surface area contributed by atoms with Crippen molar-refractivity contribution < 1.29 is 17.7 Å². The predicted molar refractivity (Wildman–Crippen MR) is 74.5 cm³/mol. The van der Waals surface area contributed by atoms with Crippen LogP contribution in [0.3, 0.4) is 0 Å². The van der Waals surface area contributed by atoms with Crippen LogP contribution in [0.1, 0.15) is 31.5 Å². The van der Waals surface area contributed by atoms with Gasteiger partial charge in [0.1, 0.15) is 0 Å². The van der Waals surface area contributed by atoms with E-state index in [1.807, 2.05) is 13.8 Å². The van der Waals surface area contributed by atoms with Crippen LogP contribution in [-0.4, -0.2) is 5.16 Å². The zero-order chi connectivity index (χ0) is 15.6. The van der Waals surface area contributed by atoms with Gasteiger partial charge in [0.25, 0.3) is 0 Å². The quantitative estimate of drug-likeness (QED) is 0.902. The van der Waals surface area contributed by atoms with E-state index in [4.69, 9.17) is 10.3 Å². The number of hydrogen-bond acceptors (Lipinski definition) is 3. The number of aromatic nitrogens is 1. The average molecular weight is 298 g/mol. The van der Waals surface area contributed by atoms with Gasteiger partial charge in [0.15, 0.2) is 0 Å². The highest BCUT2D eigenvalue weighted by Crippen LogP contribution is 2.36. The zero-order valence-electron chi connectivity index (χ0n) is 11.9. The first-order valence-electron chi connectivity index (χ1n) is 6.74. The molecule has 0 saturated carbocycles. The van der Waals surface area contributed by atoms with Gasteiger partial charge in [0.2, 0.25) is 5.88 Å². The SMILES string of the molecule is CCC(C)Cc1noc(N)c1-c1cccc(C(F)(F)F)c1. The Bertz CT molecular complexity index is 620. The number of halogens is 3. The van der Waals surface area contributed by atoms with E-state index in [0.717, 1.165) is 18.6 Å². The van der Waals surface area contributed by atoms with Gasteiger partial charge in [-0.3, -0.25) is 0 Å². The summed E-state index contributed by atoms with van der Waals surface area (Å²) in [6.45, 7) is 4.08.